The van der Waals surface area contributed by atoms with E-state index in [1.54, 1.807) is 0 Å². The van der Waals surface area contributed by atoms with Gasteiger partial charge in [-0.2, -0.15) is 13.2 Å². The SMILES string of the molecule is O=C(O)C(O)C(F)C(F)(F)F. The molecule has 0 aliphatic heterocycles. The van der Waals surface area contributed by atoms with Crippen molar-refractivity contribution in [2.75, 3.05) is 0 Å². The van der Waals surface area contributed by atoms with Gasteiger partial charge in [0.15, 0.2) is 6.10 Å². The van der Waals surface area contributed by atoms with E-state index in [0.717, 1.165) is 0 Å². The Kier molecular flexibility index (Phi) is 2.80. The Balaban J connectivity index is 4.25. The van der Waals surface area contributed by atoms with E-state index < -0.39 is 24.4 Å². The maximum Gasteiger partial charge on any atom is 0.422 e. The third-order valence-corrected chi connectivity index (χ3v) is 0.843. The first-order valence-electron chi connectivity index (χ1n) is 2.38. The van der Waals surface area contributed by atoms with Gasteiger partial charge >= 0.3 is 12.1 Å². The van der Waals surface area contributed by atoms with Gasteiger partial charge in [-0.25, -0.2) is 9.18 Å². The fraction of sp³-hybridized carbons (Fsp3) is 0.750. The summed E-state index contributed by atoms with van der Waals surface area (Å²) in [6, 6.07) is 0. The largest absolute Gasteiger partial charge is 0.479 e. The Morgan fingerprint density at radius 2 is 1.73 bits per heavy atom. The van der Waals surface area contributed by atoms with Crippen LogP contribution in [0.2, 0.25) is 0 Å². The second-order valence-corrected chi connectivity index (χ2v) is 1.73. The Hall–Kier alpha value is -0.850. The van der Waals surface area contributed by atoms with Gasteiger partial charge in [0.05, 0.1) is 0 Å². The van der Waals surface area contributed by atoms with E-state index in [9.17, 15) is 22.4 Å². The average Bonchev–Trinajstić information content (AvgIpc) is 1.82. The maximum absolute atomic E-state index is 11.8. The van der Waals surface area contributed by atoms with E-state index in [1.165, 1.54) is 0 Å². The molecule has 0 aliphatic carbocycles. The van der Waals surface area contributed by atoms with Crippen LogP contribution in [-0.4, -0.2) is 34.6 Å². The smallest absolute Gasteiger partial charge is 0.422 e. The molecule has 2 N–H and O–H groups in total. The van der Waals surface area contributed by atoms with E-state index in [4.69, 9.17) is 10.2 Å². The fourth-order valence-corrected chi connectivity index (χ4v) is 0.304. The molecule has 11 heavy (non-hydrogen) atoms. The summed E-state index contributed by atoms with van der Waals surface area (Å²) < 4.78 is 45.6. The molecule has 0 heterocycles. The summed E-state index contributed by atoms with van der Waals surface area (Å²) in [6.45, 7) is 0. The number of carboxylic acid groups (broad SMARTS) is 1. The van der Waals surface area contributed by atoms with Gasteiger partial charge < -0.3 is 10.2 Å². The minimum atomic E-state index is -5.34. The molecule has 0 saturated heterocycles. The molecule has 0 radical (unpaired) electrons. The van der Waals surface area contributed by atoms with Crippen molar-refractivity contribution in [3.05, 3.63) is 0 Å². The minimum Gasteiger partial charge on any atom is -0.479 e. The number of aliphatic hydroxyl groups is 1. The normalized spacial score (nSPS) is 17.5. The third-order valence-electron chi connectivity index (χ3n) is 0.843. The summed E-state index contributed by atoms with van der Waals surface area (Å²) in [5.41, 5.74) is 0. The zero-order valence-corrected chi connectivity index (χ0v) is 4.97. The first-order valence-corrected chi connectivity index (χ1v) is 2.38. The molecule has 7 heteroatoms. The molecule has 0 saturated carbocycles. The van der Waals surface area contributed by atoms with Gasteiger partial charge in [-0.3, -0.25) is 0 Å². The lowest BCUT2D eigenvalue weighted by Crippen LogP contribution is -2.40. The van der Waals surface area contributed by atoms with E-state index >= 15 is 0 Å². The lowest BCUT2D eigenvalue weighted by atomic mass is 10.2. The van der Waals surface area contributed by atoms with Crippen molar-refractivity contribution in [1.82, 2.24) is 0 Å². The topological polar surface area (TPSA) is 57.5 Å². The lowest BCUT2D eigenvalue weighted by Gasteiger charge is -2.14. The Labute approximate surface area is 58.2 Å². The number of aliphatic carboxylic acids is 1. The van der Waals surface area contributed by atoms with Crippen molar-refractivity contribution in [2.45, 2.75) is 18.5 Å². The highest BCUT2D eigenvalue weighted by atomic mass is 19.4. The zero-order chi connectivity index (χ0) is 9.23. The molecule has 3 nitrogen and oxygen atoms in total. The molecule has 0 aromatic rings. The lowest BCUT2D eigenvalue weighted by molar-refractivity contribution is -0.211. The standard InChI is InChI=1S/C4H4F4O3/c5-2(4(6,7)8)1(9)3(10)11/h1-2,9H,(H,10,11). The number of hydrogen-bond donors (Lipinski definition) is 2. The van der Waals surface area contributed by atoms with Crippen LogP contribution >= 0.6 is 0 Å². The molecule has 66 valence electrons. The second-order valence-electron chi connectivity index (χ2n) is 1.73. The molecule has 0 rings (SSSR count). The van der Waals surface area contributed by atoms with Crippen molar-refractivity contribution >= 4 is 5.97 Å². The number of carbonyl (C=O) groups is 1. The van der Waals surface area contributed by atoms with Crippen LogP contribution in [0.1, 0.15) is 0 Å². The van der Waals surface area contributed by atoms with Crippen molar-refractivity contribution in [3.63, 3.8) is 0 Å². The fourth-order valence-electron chi connectivity index (χ4n) is 0.304. The highest BCUT2D eigenvalue weighted by molar-refractivity contribution is 5.72. The molecule has 2 atom stereocenters. The summed E-state index contributed by atoms with van der Waals surface area (Å²) in [6.07, 6.45) is -12.1. The minimum absolute atomic E-state index is 2.24. The summed E-state index contributed by atoms with van der Waals surface area (Å²) in [5, 5.41) is 15.8. The first kappa shape index (κ1) is 10.2. The summed E-state index contributed by atoms with van der Waals surface area (Å²) in [5.74, 6) is -2.24. The van der Waals surface area contributed by atoms with Crippen LogP contribution in [0, 0.1) is 0 Å². The van der Waals surface area contributed by atoms with Gasteiger partial charge in [-0.05, 0) is 0 Å². The van der Waals surface area contributed by atoms with E-state index in [2.05, 4.69) is 0 Å². The van der Waals surface area contributed by atoms with Crippen LogP contribution in [0.25, 0.3) is 0 Å². The van der Waals surface area contributed by atoms with Crippen LogP contribution in [-0.2, 0) is 4.79 Å². The molecule has 0 fully saturated rings. The van der Waals surface area contributed by atoms with Crippen LogP contribution in [0.15, 0.2) is 0 Å². The predicted octanol–water partition coefficient (Wildman–Crippen LogP) is 0.332. The zero-order valence-electron chi connectivity index (χ0n) is 4.97. The van der Waals surface area contributed by atoms with E-state index in [1.807, 2.05) is 0 Å². The highest BCUT2D eigenvalue weighted by Gasteiger charge is 2.47. The van der Waals surface area contributed by atoms with E-state index in [-0.39, 0.29) is 0 Å². The molecule has 2 unspecified atom stereocenters. The molecule has 0 aliphatic rings. The number of rotatable bonds is 2. The molecular weight excluding hydrogens is 172 g/mol. The van der Waals surface area contributed by atoms with Crippen LogP contribution in [0.3, 0.4) is 0 Å². The molecule has 0 spiro atoms. The number of hydrogen-bond acceptors (Lipinski definition) is 2. The number of halogens is 4. The quantitative estimate of drug-likeness (QED) is 0.596. The predicted molar refractivity (Wildman–Crippen MR) is 24.6 cm³/mol. The summed E-state index contributed by atoms with van der Waals surface area (Å²) in [4.78, 5) is 9.60. The Morgan fingerprint density at radius 3 is 1.82 bits per heavy atom. The van der Waals surface area contributed by atoms with Crippen molar-refractivity contribution in [3.8, 4) is 0 Å². The van der Waals surface area contributed by atoms with Gasteiger partial charge in [0.1, 0.15) is 0 Å². The number of alkyl halides is 4. The second kappa shape index (κ2) is 3.04. The monoisotopic (exact) mass is 176 g/mol. The van der Waals surface area contributed by atoms with Crippen molar-refractivity contribution in [1.29, 1.82) is 0 Å². The van der Waals surface area contributed by atoms with Gasteiger partial charge in [-0.15, -0.1) is 0 Å². The molecule has 0 amide bonds. The van der Waals surface area contributed by atoms with Crippen molar-refractivity contribution < 1.29 is 32.6 Å². The Morgan fingerprint density at radius 1 is 1.36 bits per heavy atom. The first-order chi connectivity index (χ1) is 4.76. The third kappa shape index (κ3) is 2.71. The number of carboxylic acids is 1. The van der Waals surface area contributed by atoms with Crippen molar-refractivity contribution in [2.24, 2.45) is 0 Å². The van der Waals surface area contributed by atoms with Gasteiger partial charge in [0.2, 0.25) is 6.17 Å². The van der Waals surface area contributed by atoms with Gasteiger partial charge in [-0.1, -0.05) is 0 Å². The molecule has 0 aromatic carbocycles. The number of aliphatic hydroxyl groups excluding tert-OH is 1. The van der Waals surface area contributed by atoms with Gasteiger partial charge in [0, 0.05) is 0 Å². The van der Waals surface area contributed by atoms with Crippen LogP contribution in [0.5, 0.6) is 0 Å². The summed E-state index contributed by atoms with van der Waals surface area (Å²) >= 11 is 0. The summed E-state index contributed by atoms with van der Waals surface area (Å²) in [7, 11) is 0. The van der Waals surface area contributed by atoms with Gasteiger partial charge in [0.25, 0.3) is 0 Å². The van der Waals surface area contributed by atoms with E-state index in [0.29, 0.717) is 0 Å². The van der Waals surface area contributed by atoms with Crippen LogP contribution < -0.4 is 0 Å². The average molecular weight is 176 g/mol. The molecular formula is C4H4F4O3. The molecule has 0 bridgehead atoms. The maximum atomic E-state index is 11.8. The molecule has 0 aromatic heterocycles. The Bertz CT molecular complexity index is 154. The van der Waals surface area contributed by atoms with Crippen LogP contribution in [0.4, 0.5) is 17.6 Å². The highest BCUT2D eigenvalue weighted by Crippen LogP contribution is 2.25.